The highest BCUT2D eigenvalue weighted by molar-refractivity contribution is 5.81. The molecule has 1 aliphatic rings. The number of amides is 1. The molecule has 28 heavy (non-hydrogen) atoms. The molecule has 1 aliphatic heterocycles. The Hall–Kier alpha value is -3.51. The van der Waals surface area contributed by atoms with Crippen LogP contribution in [-0.2, 0) is 9.47 Å². The summed E-state index contributed by atoms with van der Waals surface area (Å²) in [5.41, 5.74) is 8.92. The average molecular weight is 387 g/mol. The zero-order valence-corrected chi connectivity index (χ0v) is 14.5. The van der Waals surface area contributed by atoms with Crippen molar-refractivity contribution < 1.29 is 23.8 Å². The summed E-state index contributed by atoms with van der Waals surface area (Å²) in [5, 5.41) is 13.9. The standard InChI is InChI=1S/C16H17N7O5/c17-14-13-15(19-7-18-14)23(8-20-13)12-4-10(24)11(28-12)6-27-16(25)22-21-5-9-2-1-3-26-9/h1-3,5,7-8,10-12,24H,4,6H2,(H,22,25)(H2,17,18,19)/b21-5+/t10-,11+,12+/m0/s1. The first kappa shape index (κ1) is 17.9. The molecule has 4 heterocycles. The Kier molecular flexibility index (Phi) is 4.87. The van der Waals surface area contributed by atoms with Gasteiger partial charge in [0.2, 0.25) is 0 Å². The number of ether oxygens (including phenoxy) is 2. The summed E-state index contributed by atoms with van der Waals surface area (Å²) in [6.07, 6.45) is 3.10. The van der Waals surface area contributed by atoms with E-state index in [1.807, 2.05) is 0 Å². The number of rotatable bonds is 5. The van der Waals surface area contributed by atoms with Gasteiger partial charge in [0.05, 0.1) is 24.9 Å². The average Bonchev–Trinajstić information content (AvgIpc) is 3.40. The van der Waals surface area contributed by atoms with E-state index in [1.165, 1.54) is 25.1 Å². The molecule has 4 N–H and O–H groups in total. The predicted octanol–water partition coefficient (Wildman–Crippen LogP) is 0.410. The summed E-state index contributed by atoms with van der Waals surface area (Å²) in [4.78, 5) is 23.9. The molecule has 12 nitrogen and oxygen atoms in total. The van der Waals surface area contributed by atoms with Crippen molar-refractivity contribution in [2.75, 3.05) is 12.3 Å². The van der Waals surface area contributed by atoms with Crippen molar-refractivity contribution in [3.63, 3.8) is 0 Å². The van der Waals surface area contributed by atoms with Gasteiger partial charge in [0, 0.05) is 6.42 Å². The van der Waals surface area contributed by atoms with Crippen molar-refractivity contribution in [1.29, 1.82) is 0 Å². The second-order valence-electron chi connectivity index (χ2n) is 6.00. The van der Waals surface area contributed by atoms with E-state index in [4.69, 9.17) is 19.6 Å². The molecular weight excluding hydrogens is 370 g/mol. The third kappa shape index (κ3) is 3.63. The minimum absolute atomic E-state index is 0.149. The van der Waals surface area contributed by atoms with E-state index in [0.29, 0.717) is 16.9 Å². The van der Waals surface area contributed by atoms with Gasteiger partial charge < -0.3 is 24.7 Å². The Morgan fingerprint density at radius 3 is 3.21 bits per heavy atom. The zero-order chi connectivity index (χ0) is 19.5. The molecule has 1 amide bonds. The summed E-state index contributed by atoms with van der Waals surface area (Å²) >= 11 is 0. The Bertz CT molecular complexity index is 987. The number of nitrogens with zero attached hydrogens (tertiary/aromatic N) is 5. The Balaban J connectivity index is 1.32. The molecular formula is C16H17N7O5. The first-order valence-electron chi connectivity index (χ1n) is 8.37. The van der Waals surface area contributed by atoms with E-state index >= 15 is 0 Å². The Morgan fingerprint density at radius 1 is 1.50 bits per heavy atom. The topological polar surface area (TPSA) is 163 Å². The summed E-state index contributed by atoms with van der Waals surface area (Å²) in [6, 6.07) is 3.37. The normalized spacial score (nSPS) is 22.1. The number of aromatic nitrogens is 4. The van der Waals surface area contributed by atoms with Gasteiger partial charge in [-0.05, 0) is 12.1 Å². The van der Waals surface area contributed by atoms with Crippen LogP contribution in [0.5, 0.6) is 0 Å². The number of aliphatic hydroxyl groups is 1. The van der Waals surface area contributed by atoms with E-state index in [9.17, 15) is 9.90 Å². The highest BCUT2D eigenvalue weighted by Crippen LogP contribution is 2.31. The number of hydrogen-bond acceptors (Lipinski definition) is 10. The lowest BCUT2D eigenvalue weighted by atomic mass is 10.2. The number of nitrogen functional groups attached to an aromatic ring is 1. The highest BCUT2D eigenvalue weighted by Gasteiger charge is 2.36. The third-order valence-electron chi connectivity index (χ3n) is 4.17. The van der Waals surface area contributed by atoms with Crippen molar-refractivity contribution in [2.45, 2.75) is 24.9 Å². The van der Waals surface area contributed by atoms with Gasteiger partial charge in [-0.15, -0.1) is 0 Å². The SMILES string of the molecule is Nc1ncnc2c1ncn2[C@H]1C[C@H](O)[C@@H](COC(=O)N/N=C/c2ccco2)O1. The number of anilines is 1. The number of carbonyl (C=O) groups excluding carboxylic acids is 1. The van der Waals surface area contributed by atoms with Crippen LogP contribution in [0.4, 0.5) is 10.6 Å². The molecule has 12 heteroatoms. The van der Waals surface area contributed by atoms with E-state index < -0.39 is 24.5 Å². The van der Waals surface area contributed by atoms with Crippen LogP contribution in [0.25, 0.3) is 11.2 Å². The van der Waals surface area contributed by atoms with Gasteiger partial charge in [-0.25, -0.2) is 25.2 Å². The summed E-state index contributed by atoms with van der Waals surface area (Å²) in [5.74, 6) is 0.739. The van der Waals surface area contributed by atoms with Crippen LogP contribution >= 0.6 is 0 Å². The van der Waals surface area contributed by atoms with E-state index in [0.717, 1.165) is 0 Å². The summed E-state index contributed by atoms with van der Waals surface area (Å²) in [6.45, 7) is -0.149. The molecule has 0 unspecified atom stereocenters. The molecule has 0 radical (unpaired) electrons. The van der Waals surface area contributed by atoms with Crippen molar-refractivity contribution in [2.24, 2.45) is 5.10 Å². The van der Waals surface area contributed by atoms with Gasteiger partial charge >= 0.3 is 6.09 Å². The quantitative estimate of drug-likeness (QED) is 0.415. The molecule has 3 aromatic heterocycles. The smallest absolute Gasteiger partial charge is 0.427 e. The maximum Gasteiger partial charge on any atom is 0.427 e. The molecule has 0 saturated carbocycles. The van der Waals surface area contributed by atoms with Gasteiger partial charge in [-0.3, -0.25) is 4.57 Å². The molecule has 3 aromatic rings. The first-order chi connectivity index (χ1) is 13.6. The van der Waals surface area contributed by atoms with Crippen molar-refractivity contribution in [3.05, 3.63) is 36.8 Å². The highest BCUT2D eigenvalue weighted by atomic mass is 16.6. The minimum atomic E-state index is -0.832. The van der Waals surface area contributed by atoms with Crippen LogP contribution < -0.4 is 11.2 Å². The number of fused-ring (bicyclic) bond motifs is 1. The Labute approximate surface area is 158 Å². The van der Waals surface area contributed by atoms with E-state index in [-0.39, 0.29) is 18.8 Å². The number of carbonyl (C=O) groups is 1. The number of hydrazone groups is 1. The molecule has 0 bridgehead atoms. The van der Waals surface area contributed by atoms with Crippen LogP contribution in [0.15, 0.2) is 40.6 Å². The fraction of sp³-hybridized carbons (Fsp3) is 0.312. The monoisotopic (exact) mass is 387 g/mol. The maximum absolute atomic E-state index is 11.7. The maximum atomic E-state index is 11.7. The molecule has 0 spiro atoms. The second kappa shape index (κ2) is 7.62. The van der Waals surface area contributed by atoms with E-state index in [2.05, 4.69) is 25.5 Å². The molecule has 4 rings (SSSR count). The van der Waals surface area contributed by atoms with Crippen LogP contribution in [0.1, 0.15) is 18.4 Å². The van der Waals surface area contributed by atoms with Gasteiger partial charge in [0.25, 0.3) is 0 Å². The van der Waals surface area contributed by atoms with Crippen molar-refractivity contribution in [1.82, 2.24) is 24.9 Å². The number of aliphatic hydroxyl groups excluding tert-OH is 1. The van der Waals surface area contributed by atoms with Gasteiger partial charge in [-0.2, -0.15) is 5.10 Å². The molecule has 1 saturated heterocycles. The van der Waals surface area contributed by atoms with Crippen molar-refractivity contribution >= 4 is 29.3 Å². The minimum Gasteiger partial charge on any atom is -0.463 e. The van der Waals surface area contributed by atoms with Crippen LogP contribution in [-0.4, -0.2) is 55.7 Å². The predicted molar refractivity (Wildman–Crippen MR) is 95.1 cm³/mol. The van der Waals surface area contributed by atoms with Crippen LogP contribution in [0, 0.1) is 0 Å². The number of furan rings is 1. The number of hydrogen-bond donors (Lipinski definition) is 3. The van der Waals surface area contributed by atoms with Crippen molar-refractivity contribution in [3.8, 4) is 0 Å². The lowest BCUT2D eigenvalue weighted by molar-refractivity contribution is -0.0463. The largest absolute Gasteiger partial charge is 0.463 e. The second-order valence-corrected chi connectivity index (χ2v) is 6.00. The molecule has 1 fully saturated rings. The lowest BCUT2D eigenvalue weighted by Crippen LogP contribution is -2.30. The fourth-order valence-electron chi connectivity index (χ4n) is 2.82. The lowest BCUT2D eigenvalue weighted by Gasteiger charge is -2.15. The first-order valence-corrected chi connectivity index (χ1v) is 8.37. The van der Waals surface area contributed by atoms with E-state index in [1.54, 1.807) is 16.7 Å². The number of nitrogens with two attached hydrogens (primary N) is 1. The third-order valence-corrected chi connectivity index (χ3v) is 4.17. The summed E-state index contributed by atoms with van der Waals surface area (Å²) < 4.78 is 17.5. The fourth-order valence-corrected chi connectivity index (χ4v) is 2.82. The zero-order valence-electron chi connectivity index (χ0n) is 14.5. The molecule has 0 aromatic carbocycles. The molecule has 146 valence electrons. The van der Waals surface area contributed by atoms with Gasteiger partial charge in [0.15, 0.2) is 11.5 Å². The van der Waals surface area contributed by atoms with Gasteiger partial charge in [-0.1, -0.05) is 0 Å². The Morgan fingerprint density at radius 2 is 2.39 bits per heavy atom. The van der Waals surface area contributed by atoms with Crippen LogP contribution in [0.3, 0.4) is 0 Å². The number of imidazole rings is 1. The van der Waals surface area contributed by atoms with Crippen LogP contribution in [0.2, 0.25) is 0 Å². The summed E-state index contributed by atoms with van der Waals surface area (Å²) in [7, 11) is 0. The molecule has 0 aliphatic carbocycles. The molecule has 3 atom stereocenters. The van der Waals surface area contributed by atoms with Gasteiger partial charge in [0.1, 0.15) is 36.5 Å². The number of nitrogens with one attached hydrogen (secondary N) is 1.